The fourth-order valence-corrected chi connectivity index (χ4v) is 4.35. The zero-order valence-corrected chi connectivity index (χ0v) is 16.6. The van der Waals surface area contributed by atoms with Crippen molar-refractivity contribution in [2.75, 3.05) is 18.4 Å². The lowest BCUT2D eigenvalue weighted by molar-refractivity contribution is -0.126. The standard InChI is InChI=1S/C21H31N3OS/c1-2-16-8-6-7-11-19(16)23-21(26)24-14-12-18(13-15-24)22-20(25)17-9-4-3-5-10-17/h6-8,11,17-18H,2-5,9-10,12-15H2,1H3,(H,22,25)(H,23,26). The summed E-state index contributed by atoms with van der Waals surface area (Å²) in [6, 6.07) is 8.62. The highest BCUT2D eigenvalue weighted by atomic mass is 32.1. The summed E-state index contributed by atoms with van der Waals surface area (Å²) >= 11 is 5.62. The highest BCUT2D eigenvalue weighted by Crippen LogP contribution is 2.24. The Hall–Kier alpha value is -1.62. The normalized spacial score (nSPS) is 19.2. The van der Waals surface area contributed by atoms with E-state index in [4.69, 9.17) is 12.2 Å². The summed E-state index contributed by atoms with van der Waals surface area (Å²) in [5.41, 5.74) is 2.39. The first-order valence-corrected chi connectivity index (χ1v) is 10.5. The van der Waals surface area contributed by atoms with Crippen LogP contribution in [-0.4, -0.2) is 35.1 Å². The monoisotopic (exact) mass is 373 g/mol. The summed E-state index contributed by atoms with van der Waals surface area (Å²) in [6.07, 6.45) is 8.75. The summed E-state index contributed by atoms with van der Waals surface area (Å²) in [4.78, 5) is 14.7. The molecule has 2 N–H and O–H groups in total. The molecule has 2 aliphatic rings. The number of rotatable bonds is 4. The van der Waals surface area contributed by atoms with Crippen molar-refractivity contribution in [1.82, 2.24) is 10.2 Å². The largest absolute Gasteiger partial charge is 0.353 e. The second-order valence-corrected chi connectivity index (χ2v) is 7.93. The average Bonchev–Trinajstić information content (AvgIpc) is 2.69. The third-order valence-corrected chi connectivity index (χ3v) is 6.10. The van der Waals surface area contributed by atoms with Crippen LogP contribution in [0.5, 0.6) is 0 Å². The SMILES string of the molecule is CCc1ccccc1NC(=S)N1CCC(NC(=O)C2CCCCC2)CC1. The maximum Gasteiger partial charge on any atom is 0.223 e. The Morgan fingerprint density at radius 1 is 1.12 bits per heavy atom. The number of thiocarbonyl (C=S) groups is 1. The van der Waals surface area contributed by atoms with Crippen molar-refractivity contribution < 1.29 is 4.79 Å². The molecule has 142 valence electrons. The first-order chi connectivity index (χ1) is 12.7. The topological polar surface area (TPSA) is 44.4 Å². The van der Waals surface area contributed by atoms with Gasteiger partial charge in [-0.1, -0.05) is 44.4 Å². The molecule has 1 aliphatic heterocycles. The van der Waals surface area contributed by atoms with Crippen LogP contribution in [0.2, 0.25) is 0 Å². The first-order valence-electron chi connectivity index (χ1n) is 10.1. The van der Waals surface area contributed by atoms with Gasteiger partial charge >= 0.3 is 0 Å². The van der Waals surface area contributed by atoms with E-state index in [1.165, 1.54) is 24.8 Å². The van der Waals surface area contributed by atoms with Crippen LogP contribution in [0.3, 0.4) is 0 Å². The van der Waals surface area contributed by atoms with E-state index in [9.17, 15) is 4.79 Å². The van der Waals surface area contributed by atoms with Crippen LogP contribution in [0.25, 0.3) is 0 Å². The smallest absolute Gasteiger partial charge is 0.223 e. The van der Waals surface area contributed by atoms with Crippen molar-refractivity contribution in [1.29, 1.82) is 0 Å². The number of likely N-dealkylation sites (tertiary alicyclic amines) is 1. The van der Waals surface area contributed by atoms with Crippen LogP contribution in [0.4, 0.5) is 5.69 Å². The van der Waals surface area contributed by atoms with E-state index in [2.05, 4.69) is 40.7 Å². The van der Waals surface area contributed by atoms with Gasteiger partial charge in [0.25, 0.3) is 0 Å². The van der Waals surface area contributed by atoms with Gasteiger partial charge in [-0.25, -0.2) is 0 Å². The van der Waals surface area contributed by atoms with Gasteiger partial charge in [-0.3, -0.25) is 4.79 Å². The lowest BCUT2D eigenvalue weighted by atomic mass is 9.88. The summed E-state index contributed by atoms with van der Waals surface area (Å²) in [6.45, 7) is 3.95. The molecule has 0 bridgehead atoms. The van der Waals surface area contributed by atoms with E-state index in [1.807, 2.05) is 6.07 Å². The molecule has 1 aromatic rings. The molecule has 26 heavy (non-hydrogen) atoms. The number of carbonyl (C=O) groups is 1. The molecule has 3 rings (SSSR count). The number of aryl methyl sites for hydroxylation is 1. The molecule has 2 fully saturated rings. The highest BCUT2D eigenvalue weighted by Gasteiger charge is 2.26. The third kappa shape index (κ3) is 4.97. The molecule has 1 aliphatic carbocycles. The molecule has 0 spiro atoms. The fraction of sp³-hybridized carbons (Fsp3) is 0.619. The van der Waals surface area contributed by atoms with E-state index in [0.717, 1.165) is 56.0 Å². The van der Waals surface area contributed by atoms with Crippen LogP contribution in [0, 0.1) is 5.92 Å². The number of piperidine rings is 1. The van der Waals surface area contributed by atoms with E-state index in [1.54, 1.807) is 0 Å². The van der Waals surface area contributed by atoms with Gasteiger partial charge in [0.05, 0.1) is 0 Å². The van der Waals surface area contributed by atoms with Crippen molar-refractivity contribution in [2.24, 2.45) is 5.92 Å². The third-order valence-electron chi connectivity index (χ3n) is 5.74. The van der Waals surface area contributed by atoms with Gasteiger partial charge in [0.2, 0.25) is 5.91 Å². The summed E-state index contributed by atoms with van der Waals surface area (Å²) in [5, 5.41) is 7.49. The van der Waals surface area contributed by atoms with E-state index < -0.39 is 0 Å². The highest BCUT2D eigenvalue weighted by molar-refractivity contribution is 7.80. The van der Waals surface area contributed by atoms with Crippen molar-refractivity contribution in [3.8, 4) is 0 Å². The summed E-state index contributed by atoms with van der Waals surface area (Å²) < 4.78 is 0. The molecule has 1 saturated heterocycles. The molecule has 1 saturated carbocycles. The molecule has 0 radical (unpaired) electrons. The van der Waals surface area contributed by atoms with Gasteiger partial charge in [-0.2, -0.15) is 0 Å². The molecule has 0 unspecified atom stereocenters. The minimum absolute atomic E-state index is 0.245. The molecular weight excluding hydrogens is 342 g/mol. The number of hydrogen-bond acceptors (Lipinski definition) is 2. The zero-order chi connectivity index (χ0) is 18.4. The zero-order valence-electron chi connectivity index (χ0n) is 15.8. The maximum absolute atomic E-state index is 12.4. The number of para-hydroxylation sites is 1. The number of nitrogens with zero attached hydrogens (tertiary/aromatic N) is 1. The number of carbonyl (C=O) groups excluding carboxylic acids is 1. The minimum atomic E-state index is 0.245. The van der Waals surface area contributed by atoms with Crippen molar-refractivity contribution in [3.63, 3.8) is 0 Å². The van der Waals surface area contributed by atoms with E-state index >= 15 is 0 Å². The van der Waals surface area contributed by atoms with Crippen molar-refractivity contribution >= 4 is 28.9 Å². The molecule has 1 aromatic carbocycles. The summed E-state index contributed by atoms with van der Waals surface area (Å²) in [7, 11) is 0. The molecule has 1 amide bonds. The molecule has 4 nitrogen and oxygen atoms in total. The van der Waals surface area contributed by atoms with E-state index in [0.29, 0.717) is 6.04 Å². The Balaban J connectivity index is 1.45. The van der Waals surface area contributed by atoms with Gasteiger partial charge < -0.3 is 15.5 Å². The van der Waals surface area contributed by atoms with Gasteiger partial charge in [0.1, 0.15) is 0 Å². The van der Waals surface area contributed by atoms with Gasteiger partial charge in [0.15, 0.2) is 5.11 Å². The number of hydrogen-bond donors (Lipinski definition) is 2. The van der Waals surface area contributed by atoms with Crippen molar-refractivity contribution in [2.45, 2.75) is 64.3 Å². The Morgan fingerprint density at radius 3 is 2.50 bits per heavy atom. The molecule has 5 heteroatoms. The van der Waals surface area contributed by atoms with Crippen molar-refractivity contribution in [3.05, 3.63) is 29.8 Å². The van der Waals surface area contributed by atoms with Crippen LogP contribution < -0.4 is 10.6 Å². The number of nitrogens with one attached hydrogen (secondary N) is 2. The van der Waals surface area contributed by atoms with Gasteiger partial charge in [0, 0.05) is 30.7 Å². The Kier molecular flexibility index (Phi) is 6.89. The fourth-order valence-electron chi connectivity index (χ4n) is 4.06. The van der Waals surface area contributed by atoms with Crippen LogP contribution in [0.15, 0.2) is 24.3 Å². The van der Waals surface area contributed by atoms with Crippen LogP contribution >= 0.6 is 12.2 Å². The Morgan fingerprint density at radius 2 is 1.81 bits per heavy atom. The van der Waals surface area contributed by atoms with Gasteiger partial charge in [-0.05, 0) is 56.0 Å². The first kappa shape index (κ1) is 19.2. The van der Waals surface area contributed by atoms with Crippen LogP contribution in [0.1, 0.15) is 57.4 Å². The Bertz CT molecular complexity index is 619. The number of anilines is 1. The Labute approximate surface area is 162 Å². The lowest BCUT2D eigenvalue weighted by Crippen LogP contribution is -2.49. The maximum atomic E-state index is 12.4. The van der Waals surface area contributed by atoms with E-state index in [-0.39, 0.29) is 11.8 Å². The van der Waals surface area contributed by atoms with Gasteiger partial charge in [-0.15, -0.1) is 0 Å². The second kappa shape index (κ2) is 9.36. The number of amides is 1. The predicted octanol–water partition coefficient (Wildman–Crippen LogP) is 4.11. The lowest BCUT2D eigenvalue weighted by Gasteiger charge is -2.35. The predicted molar refractivity (Wildman–Crippen MR) is 111 cm³/mol. The quantitative estimate of drug-likeness (QED) is 0.780. The molecule has 0 aromatic heterocycles. The molecule has 0 atom stereocenters. The minimum Gasteiger partial charge on any atom is -0.353 e. The number of benzene rings is 1. The van der Waals surface area contributed by atoms with Crippen LogP contribution in [-0.2, 0) is 11.2 Å². The molecule has 1 heterocycles. The second-order valence-electron chi connectivity index (χ2n) is 7.55. The summed E-state index contributed by atoms with van der Waals surface area (Å²) in [5.74, 6) is 0.524. The molecular formula is C21H31N3OS. The average molecular weight is 374 g/mol.